The van der Waals surface area contributed by atoms with E-state index in [1.165, 1.54) is 5.57 Å². The van der Waals surface area contributed by atoms with Gasteiger partial charge in [0.1, 0.15) is 0 Å². The number of hydrogen-bond acceptors (Lipinski definition) is 4. The molecule has 5 heteroatoms. The molecule has 88 valence electrons. The molecule has 1 aliphatic rings. The summed E-state index contributed by atoms with van der Waals surface area (Å²) in [5, 5.41) is 3.25. The predicted octanol–water partition coefficient (Wildman–Crippen LogP) is 2.52. The standard InChI is InChI=1S/C10H20NO3P/c1-3-13-15(12,14-4-2)9-10-5-7-11-8-6-10/h9,11H,3-8H2,1-2H3. The number of nitrogens with one attached hydrogen (secondary N) is 1. The fourth-order valence-electron chi connectivity index (χ4n) is 1.57. The lowest BCUT2D eigenvalue weighted by molar-refractivity contribution is 0.228. The van der Waals surface area contributed by atoms with Crippen molar-refractivity contribution in [3.8, 4) is 0 Å². The summed E-state index contributed by atoms with van der Waals surface area (Å²) in [6.45, 7) is 6.38. The minimum atomic E-state index is -2.98. The Labute approximate surface area is 91.6 Å². The fourth-order valence-corrected chi connectivity index (χ4v) is 3.22. The molecule has 0 saturated carbocycles. The minimum Gasteiger partial charge on any atom is -0.316 e. The molecule has 1 heterocycles. The van der Waals surface area contributed by atoms with Crippen LogP contribution in [-0.4, -0.2) is 26.3 Å². The van der Waals surface area contributed by atoms with E-state index < -0.39 is 7.60 Å². The van der Waals surface area contributed by atoms with Crippen molar-refractivity contribution in [3.05, 3.63) is 11.4 Å². The fraction of sp³-hybridized carbons (Fsp3) is 0.800. The smallest absolute Gasteiger partial charge is 0.316 e. The lowest BCUT2D eigenvalue weighted by atomic mass is 10.1. The van der Waals surface area contributed by atoms with Crippen LogP contribution in [0.1, 0.15) is 26.7 Å². The van der Waals surface area contributed by atoms with Gasteiger partial charge in [-0.25, -0.2) is 0 Å². The zero-order valence-electron chi connectivity index (χ0n) is 9.49. The number of hydrogen-bond donors (Lipinski definition) is 1. The van der Waals surface area contributed by atoms with E-state index in [1.807, 2.05) is 13.8 Å². The highest BCUT2D eigenvalue weighted by Crippen LogP contribution is 2.51. The third-order valence-electron chi connectivity index (χ3n) is 2.20. The van der Waals surface area contributed by atoms with E-state index in [-0.39, 0.29) is 0 Å². The molecule has 0 radical (unpaired) electrons. The van der Waals surface area contributed by atoms with Crippen molar-refractivity contribution in [1.29, 1.82) is 0 Å². The highest BCUT2D eigenvalue weighted by atomic mass is 31.2. The zero-order chi connectivity index (χ0) is 11.1. The van der Waals surface area contributed by atoms with Gasteiger partial charge < -0.3 is 14.4 Å². The maximum Gasteiger partial charge on any atom is 0.354 e. The van der Waals surface area contributed by atoms with Gasteiger partial charge in [0.15, 0.2) is 0 Å². The van der Waals surface area contributed by atoms with Gasteiger partial charge in [0.05, 0.1) is 13.2 Å². The van der Waals surface area contributed by atoms with Crippen LogP contribution in [0.2, 0.25) is 0 Å². The molecule has 1 saturated heterocycles. The van der Waals surface area contributed by atoms with Gasteiger partial charge in [-0.2, -0.15) is 0 Å². The molecule has 0 atom stereocenters. The summed E-state index contributed by atoms with van der Waals surface area (Å²) in [7, 11) is -2.98. The molecule has 0 spiro atoms. The highest BCUT2D eigenvalue weighted by Gasteiger charge is 2.21. The van der Waals surface area contributed by atoms with E-state index in [1.54, 1.807) is 5.82 Å². The predicted molar refractivity (Wildman–Crippen MR) is 61.0 cm³/mol. The summed E-state index contributed by atoms with van der Waals surface area (Å²) >= 11 is 0. The maximum atomic E-state index is 12.1. The molecular weight excluding hydrogens is 213 g/mol. The van der Waals surface area contributed by atoms with E-state index in [2.05, 4.69) is 5.32 Å². The third kappa shape index (κ3) is 4.47. The van der Waals surface area contributed by atoms with Gasteiger partial charge in [-0.3, -0.25) is 4.57 Å². The van der Waals surface area contributed by atoms with Crippen molar-refractivity contribution in [3.63, 3.8) is 0 Å². The average molecular weight is 233 g/mol. The summed E-state index contributed by atoms with van der Waals surface area (Å²) < 4.78 is 22.6. The second-order valence-corrected chi connectivity index (χ2v) is 5.27. The monoisotopic (exact) mass is 233 g/mol. The maximum absolute atomic E-state index is 12.1. The first kappa shape index (κ1) is 12.9. The summed E-state index contributed by atoms with van der Waals surface area (Å²) in [6, 6.07) is 0. The molecule has 15 heavy (non-hydrogen) atoms. The van der Waals surface area contributed by atoms with Crippen LogP contribution in [0, 0.1) is 0 Å². The Kier molecular flexibility index (Phi) is 5.54. The van der Waals surface area contributed by atoms with Crippen LogP contribution in [0.15, 0.2) is 11.4 Å². The van der Waals surface area contributed by atoms with Crippen molar-refractivity contribution >= 4 is 7.60 Å². The summed E-state index contributed by atoms with van der Waals surface area (Å²) in [5.41, 5.74) is 1.18. The Morgan fingerprint density at radius 2 is 1.80 bits per heavy atom. The van der Waals surface area contributed by atoms with E-state index in [9.17, 15) is 4.57 Å². The van der Waals surface area contributed by atoms with Gasteiger partial charge in [-0.15, -0.1) is 0 Å². The van der Waals surface area contributed by atoms with Gasteiger partial charge >= 0.3 is 7.60 Å². The van der Waals surface area contributed by atoms with Crippen LogP contribution in [0.3, 0.4) is 0 Å². The normalized spacial score (nSPS) is 17.9. The van der Waals surface area contributed by atoms with Crippen molar-refractivity contribution in [1.82, 2.24) is 5.32 Å². The topological polar surface area (TPSA) is 47.6 Å². The number of piperidine rings is 1. The summed E-state index contributed by atoms with van der Waals surface area (Å²) in [4.78, 5) is 0. The van der Waals surface area contributed by atoms with Gasteiger partial charge in [0, 0.05) is 5.82 Å². The summed E-state index contributed by atoms with van der Waals surface area (Å²) in [5.74, 6) is 1.71. The molecule has 0 aromatic rings. The van der Waals surface area contributed by atoms with Crippen LogP contribution < -0.4 is 5.32 Å². The highest BCUT2D eigenvalue weighted by molar-refractivity contribution is 7.57. The molecule has 0 unspecified atom stereocenters. The van der Waals surface area contributed by atoms with Crippen molar-refractivity contribution in [2.24, 2.45) is 0 Å². The van der Waals surface area contributed by atoms with Gasteiger partial charge in [-0.1, -0.05) is 5.57 Å². The molecule has 0 amide bonds. The molecule has 0 aromatic heterocycles. The molecule has 1 rings (SSSR count). The largest absolute Gasteiger partial charge is 0.354 e. The molecular formula is C10H20NO3P. The second-order valence-electron chi connectivity index (χ2n) is 3.41. The van der Waals surface area contributed by atoms with Crippen LogP contribution in [-0.2, 0) is 13.6 Å². The molecule has 0 aromatic carbocycles. The SMILES string of the molecule is CCOP(=O)(C=C1CCNCC1)OCC. The minimum absolute atomic E-state index is 0.416. The molecule has 0 aliphatic carbocycles. The van der Waals surface area contributed by atoms with E-state index >= 15 is 0 Å². The lowest BCUT2D eigenvalue weighted by Crippen LogP contribution is -2.23. The van der Waals surface area contributed by atoms with E-state index in [4.69, 9.17) is 9.05 Å². The second kappa shape index (κ2) is 6.44. The first-order valence-corrected chi connectivity index (χ1v) is 7.11. The molecule has 1 N–H and O–H groups in total. The van der Waals surface area contributed by atoms with E-state index in [0.29, 0.717) is 13.2 Å². The van der Waals surface area contributed by atoms with Gasteiger partial charge in [-0.05, 0) is 39.8 Å². The Hall–Kier alpha value is -0.150. The quantitative estimate of drug-likeness (QED) is 0.741. The number of rotatable bonds is 5. The molecule has 4 nitrogen and oxygen atoms in total. The molecule has 1 fully saturated rings. The summed E-state index contributed by atoms with van der Waals surface area (Å²) in [6.07, 6.45) is 1.87. The van der Waals surface area contributed by atoms with Crippen molar-refractivity contribution in [2.75, 3.05) is 26.3 Å². The Balaban J connectivity index is 2.66. The average Bonchev–Trinajstić information content (AvgIpc) is 2.19. The zero-order valence-corrected chi connectivity index (χ0v) is 10.4. The Morgan fingerprint density at radius 1 is 1.27 bits per heavy atom. The Bertz CT molecular complexity index is 247. The van der Waals surface area contributed by atoms with Crippen LogP contribution in [0.4, 0.5) is 0 Å². The van der Waals surface area contributed by atoms with Gasteiger partial charge in [0.25, 0.3) is 0 Å². The van der Waals surface area contributed by atoms with Crippen molar-refractivity contribution in [2.45, 2.75) is 26.7 Å². The van der Waals surface area contributed by atoms with E-state index in [0.717, 1.165) is 25.9 Å². The Morgan fingerprint density at radius 3 is 2.27 bits per heavy atom. The molecule has 1 aliphatic heterocycles. The van der Waals surface area contributed by atoms with Gasteiger partial charge in [0.2, 0.25) is 0 Å². The first-order valence-electron chi connectivity index (χ1n) is 5.50. The molecule has 0 bridgehead atoms. The van der Waals surface area contributed by atoms with Crippen LogP contribution in [0.5, 0.6) is 0 Å². The van der Waals surface area contributed by atoms with Crippen LogP contribution >= 0.6 is 7.60 Å². The third-order valence-corrected chi connectivity index (χ3v) is 4.12. The van der Waals surface area contributed by atoms with Crippen molar-refractivity contribution < 1.29 is 13.6 Å². The van der Waals surface area contributed by atoms with Crippen LogP contribution in [0.25, 0.3) is 0 Å². The first-order chi connectivity index (χ1) is 7.20. The lowest BCUT2D eigenvalue weighted by Gasteiger charge is -2.19.